The van der Waals surface area contributed by atoms with Gasteiger partial charge in [-0.2, -0.15) is 5.10 Å². The molecule has 104 valence electrons. The van der Waals surface area contributed by atoms with Gasteiger partial charge in [-0.05, 0) is 13.0 Å². The van der Waals surface area contributed by atoms with E-state index in [0.29, 0.717) is 0 Å². The molecule has 3 aromatic rings. The van der Waals surface area contributed by atoms with Crippen molar-refractivity contribution in [1.29, 1.82) is 0 Å². The first-order valence-electron chi connectivity index (χ1n) is 6.88. The summed E-state index contributed by atoms with van der Waals surface area (Å²) < 4.78 is 1.95. The molecule has 0 amide bonds. The fourth-order valence-electron chi connectivity index (χ4n) is 2.49. The van der Waals surface area contributed by atoms with Crippen molar-refractivity contribution < 1.29 is 0 Å². The molecule has 20 heavy (non-hydrogen) atoms. The van der Waals surface area contributed by atoms with Crippen molar-refractivity contribution in [1.82, 2.24) is 25.1 Å². The highest BCUT2D eigenvalue weighted by molar-refractivity contribution is 5.81. The Morgan fingerprint density at radius 1 is 1.35 bits per heavy atom. The molecular weight excluding hydrogens is 250 g/mol. The maximum absolute atomic E-state index is 4.61. The van der Waals surface area contributed by atoms with Gasteiger partial charge < -0.3 is 10.3 Å². The molecule has 2 heterocycles. The standard InChI is InChI=1S/C15H19N5/c1-11(14-9-16-10-18-14)17-8-7-13-12-5-3-4-6-15(12)20(2)19-13/h3-6,9-11,17H,7-8H2,1-2H3,(H,16,18). The first-order chi connectivity index (χ1) is 9.75. The van der Waals surface area contributed by atoms with Crippen molar-refractivity contribution >= 4 is 10.9 Å². The Kier molecular flexibility index (Phi) is 3.52. The lowest BCUT2D eigenvalue weighted by molar-refractivity contribution is 0.562. The van der Waals surface area contributed by atoms with E-state index in [-0.39, 0.29) is 6.04 Å². The van der Waals surface area contributed by atoms with Crippen molar-refractivity contribution in [3.05, 3.63) is 48.2 Å². The lowest BCUT2D eigenvalue weighted by Crippen LogP contribution is -2.21. The van der Waals surface area contributed by atoms with E-state index in [9.17, 15) is 0 Å². The number of aromatic amines is 1. The molecule has 0 saturated carbocycles. The Hall–Kier alpha value is -2.14. The smallest absolute Gasteiger partial charge is 0.0922 e. The third-order valence-corrected chi connectivity index (χ3v) is 3.63. The lowest BCUT2D eigenvalue weighted by Gasteiger charge is -2.10. The van der Waals surface area contributed by atoms with Crippen molar-refractivity contribution in [2.24, 2.45) is 7.05 Å². The van der Waals surface area contributed by atoms with E-state index in [4.69, 9.17) is 0 Å². The van der Waals surface area contributed by atoms with Gasteiger partial charge >= 0.3 is 0 Å². The van der Waals surface area contributed by atoms with Gasteiger partial charge in [0.1, 0.15) is 0 Å². The van der Waals surface area contributed by atoms with Crippen molar-refractivity contribution in [3.8, 4) is 0 Å². The van der Waals surface area contributed by atoms with Crippen LogP contribution in [0.1, 0.15) is 24.4 Å². The topological polar surface area (TPSA) is 58.5 Å². The number of aromatic nitrogens is 4. The highest BCUT2D eigenvalue weighted by Crippen LogP contribution is 2.17. The van der Waals surface area contributed by atoms with Crippen LogP contribution in [-0.2, 0) is 13.5 Å². The van der Waals surface area contributed by atoms with Gasteiger partial charge in [0.15, 0.2) is 0 Å². The van der Waals surface area contributed by atoms with Crippen LogP contribution in [0.2, 0.25) is 0 Å². The summed E-state index contributed by atoms with van der Waals surface area (Å²) in [7, 11) is 1.99. The van der Waals surface area contributed by atoms with E-state index in [1.165, 1.54) is 10.9 Å². The summed E-state index contributed by atoms with van der Waals surface area (Å²) in [6.07, 6.45) is 4.48. The number of imidazole rings is 1. The predicted molar refractivity (Wildman–Crippen MR) is 79.4 cm³/mol. The van der Waals surface area contributed by atoms with Gasteiger partial charge in [-0.1, -0.05) is 18.2 Å². The second kappa shape index (κ2) is 5.46. The van der Waals surface area contributed by atoms with E-state index in [1.807, 2.05) is 24.0 Å². The van der Waals surface area contributed by atoms with Crippen LogP contribution < -0.4 is 5.32 Å². The van der Waals surface area contributed by atoms with Gasteiger partial charge in [0.2, 0.25) is 0 Å². The quantitative estimate of drug-likeness (QED) is 0.746. The molecule has 1 unspecified atom stereocenters. The molecule has 1 atom stereocenters. The second-order valence-electron chi connectivity index (χ2n) is 5.02. The number of nitrogens with one attached hydrogen (secondary N) is 2. The number of nitrogens with zero attached hydrogens (tertiary/aromatic N) is 3. The summed E-state index contributed by atoms with van der Waals surface area (Å²) in [6.45, 7) is 3.02. The molecule has 2 aromatic heterocycles. The third kappa shape index (κ3) is 2.44. The molecule has 0 aliphatic heterocycles. The minimum Gasteiger partial charge on any atom is -0.347 e. The minimum absolute atomic E-state index is 0.271. The summed E-state index contributed by atoms with van der Waals surface area (Å²) in [6, 6.07) is 8.62. The molecule has 0 aliphatic carbocycles. The highest BCUT2D eigenvalue weighted by Gasteiger charge is 2.09. The van der Waals surface area contributed by atoms with E-state index in [0.717, 1.165) is 24.4 Å². The number of para-hydroxylation sites is 1. The number of hydrogen-bond acceptors (Lipinski definition) is 3. The Labute approximate surface area is 118 Å². The summed E-state index contributed by atoms with van der Waals surface area (Å²) in [4.78, 5) is 7.17. The minimum atomic E-state index is 0.271. The number of aryl methyl sites for hydroxylation is 1. The van der Waals surface area contributed by atoms with E-state index < -0.39 is 0 Å². The van der Waals surface area contributed by atoms with Gasteiger partial charge in [0.25, 0.3) is 0 Å². The molecule has 0 aliphatic rings. The molecule has 3 rings (SSSR count). The molecule has 0 bridgehead atoms. The third-order valence-electron chi connectivity index (χ3n) is 3.63. The second-order valence-corrected chi connectivity index (χ2v) is 5.02. The Morgan fingerprint density at radius 2 is 2.20 bits per heavy atom. The Bertz CT molecular complexity index is 683. The molecule has 0 spiro atoms. The number of H-pyrrole nitrogens is 1. The summed E-state index contributed by atoms with van der Waals surface area (Å²) >= 11 is 0. The Morgan fingerprint density at radius 3 is 3.00 bits per heavy atom. The van der Waals surface area contributed by atoms with E-state index >= 15 is 0 Å². The fraction of sp³-hybridized carbons (Fsp3) is 0.333. The zero-order valence-electron chi connectivity index (χ0n) is 11.8. The highest BCUT2D eigenvalue weighted by atomic mass is 15.3. The van der Waals surface area contributed by atoms with Crippen LogP contribution in [0.3, 0.4) is 0 Å². The molecule has 5 heteroatoms. The molecule has 2 N–H and O–H groups in total. The van der Waals surface area contributed by atoms with Gasteiger partial charge in [-0.25, -0.2) is 4.98 Å². The van der Waals surface area contributed by atoms with Gasteiger partial charge in [0, 0.05) is 37.6 Å². The van der Waals surface area contributed by atoms with Gasteiger partial charge in [-0.15, -0.1) is 0 Å². The summed E-state index contributed by atoms with van der Waals surface area (Å²) in [5.74, 6) is 0. The molecule has 0 saturated heterocycles. The molecule has 5 nitrogen and oxygen atoms in total. The molecular formula is C15H19N5. The van der Waals surface area contributed by atoms with E-state index in [2.05, 4.69) is 45.5 Å². The van der Waals surface area contributed by atoms with Crippen molar-refractivity contribution in [2.75, 3.05) is 6.54 Å². The lowest BCUT2D eigenvalue weighted by atomic mass is 10.1. The monoisotopic (exact) mass is 269 g/mol. The maximum atomic E-state index is 4.61. The molecule has 0 radical (unpaired) electrons. The van der Waals surface area contributed by atoms with Gasteiger partial charge in [-0.3, -0.25) is 4.68 Å². The predicted octanol–water partition coefficient (Wildman–Crippen LogP) is 2.19. The normalized spacial score (nSPS) is 12.9. The van der Waals surface area contributed by atoms with Crippen LogP contribution >= 0.6 is 0 Å². The number of hydrogen-bond donors (Lipinski definition) is 2. The molecule has 1 aromatic carbocycles. The first-order valence-corrected chi connectivity index (χ1v) is 6.88. The van der Waals surface area contributed by atoms with Crippen molar-refractivity contribution in [3.63, 3.8) is 0 Å². The summed E-state index contributed by atoms with van der Waals surface area (Å²) in [5.41, 5.74) is 3.44. The van der Waals surface area contributed by atoms with Crippen LogP contribution in [0.5, 0.6) is 0 Å². The zero-order valence-corrected chi connectivity index (χ0v) is 11.8. The zero-order chi connectivity index (χ0) is 13.9. The maximum Gasteiger partial charge on any atom is 0.0922 e. The first kappa shape index (κ1) is 12.9. The van der Waals surface area contributed by atoms with Crippen LogP contribution in [0, 0.1) is 0 Å². The SMILES string of the molecule is CC(NCCc1nn(C)c2ccccc12)c1cnc[nH]1. The summed E-state index contributed by atoms with van der Waals surface area (Å²) in [5, 5.41) is 9.33. The van der Waals surface area contributed by atoms with E-state index in [1.54, 1.807) is 6.33 Å². The van der Waals surface area contributed by atoms with Crippen molar-refractivity contribution in [2.45, 2.75) is 19.4 Å². The van der Waals surface area contributed by atoms with Crippen LogP contribution in [0.15, 0.2) is 36.8 Å². The average Bonchev–Trinajstić information content (AvgIpc) is 3.09. The largest absolute Gasteiger partial charge is 0.347 e. The Balaban J connectivity index is 1.66. The van der Waals surface area contributed by atoms with Crippen LogP contribution in [0.25, 0.3) is 10.9 Å². The van der Waals surface area contributed by atoms with Gasteiger partial charge in [0.05, 0.1) is 23.2 Å². The average molecular weight is 269 g/mol. The number of fused-ring (bicyclic) bond motifs is 1. The number of rotatable bonds is 5. The molecule has 0 fully saturated rings. The van der Waals surface area contributed by atoms with Crippen LogP contribution in [-0.4, -0.2) is 26.3 Å². The number of benzene rings is 1. The fourth-order valence-corrected chi connectivity index (χ4v) is 2.49. The van der Waals surface area contributed by atoms with Crippen LogP contribution in [0.4, 0.5) is 0 Å².